The van der Waals surface area contributed by atoms with Gasteiger partial charge in [-0.3, -0.25) is 9.36 Å². The predicted octanol–water partition coefficient (Wildman–Crippen LogP) is 2.82. The van der Waals surface area contributed by atoms with Crippen molar-refractivity contribution in [1.29, 1.82) is 0 Å². The van der Waals surface area contributed by atoms with Crippen LogP contribution in [0.15, 0.2) is 38.4 Å². The molecule has 6 nitrogen and oxygen atoms in total. The van der Waals surface area contributed by atoms with Gasteiger partial charge < -0.3 is 8.83 Å². The molecular formula is C17H13N3O3. The van der Waals surface area contributed by atoms with Crippen LogP contribution < -0.4 is 5.56 Å². The summed E-state index contributed by atoms with van der Waals surface area (Å²) < 4.78 is 12.7. The Balaban J connectivity index is 1.97. The summed E-state index contributed by atoms with van der Waals surface area (Å²) in [6.45, 7) is 0. The zero-order valence-corrected chi connectivity index (χ0v) is 12.5. The molecule has 0 spiro atoms. The Kier molecular flexibility index (Phi) is 2.37. The maximum absolute atomic E-state index is 12.3. The molecule has 5 rings (SSSR count). The van der Waals surface area contributed by atoms with Gasteiger partial charge in [0.05, 0.1) is 18.0 Å². The molecule has 0 bridgehead atoms. The van der Waals surface area contributed by atoms with E-state index >= 15 is 0 Å². The van der Waals surface area contributed by atoms with Crippen molar-refractivity contribution >= 4 is 22.2 Å². The maximum Gasteiger partial charge on any atom is 0.296 e. The molecule has 0 saturated carbocycles. The minimum absolute atomic E-state index is 0.195. The average Bonchev–Trinajstić information content (AvgIpc) is 3.27. The first-order valence-corrected chi connectivity index (χ1v) is 7.57. The highest BCUT2D eigenvalue weighted by molar-refractivity contribution is 6.04. The number of aromatic nitrogens is 3. The molecule has 0 aromatic carbocycles. The first-order chi connectivity index (χ1) is 11.2. The molecule has 1 aliphatic carbocycles. The number of hydrogen-bond donors (Lipinski definition) is 0. The molecule has 0 fully saturated rings. The Hall–Kier alpha value is -2.89. The summed E-state index contributed by atoms with van der Waals surface area (Å²) in [5, 5.41) is 0.875. The lowest BCUT2D eigenvalue weighted by Crippen LogP contribution is -2.15. The molecule has 0 aliphatic heterocycles. The Labute approximate surface area is 130 Å². The van der Waals surface area contributed by atoms with E-state index in [-0.39, 0.29) is 11.1 Å². The van der Waals surface area contributed by atoms with Crippen molar-refractivity contribution < 1.29 is 8.83 Å². The van der Waals surface area contributed by atoms with Crippen LogP contribution in [0.2, 0.25) is 0 Å². The fourth-order valence-electron chi connectivity index (χ4n) is 3.45. The van der Waals surface area contributed by atoms with Gasteiger partial charge in [0, 0.05) is 7.05 Å². The summed E-state index contributed by atoms with van der Waals surface area (Å²) in [6.07, 6.45) is 6.11. The van der Waals surface area contributed by atoms with E-state index in [2.05, 4.69) is 9.97 Å². The van der Waals surface area contributed by atoms with E-state index in [1.165, 1.54) is 22.0 Å². The van der Waals surface area contributed by atoms with Crippen molar-refractivity contribution in [3.05, 3.63) is 46.2 Å². The molecular weight excluding hydrogens is 294 g/mol. The van der Waals surface area contributed by atoms with Gasteiger partial charge in [-0.15, -0.1) is 0 Å². The minimum Gasteiger partial charge on any atom is -0.463 e. The molecule has 4 aromatic heterocycles. The summed E-state index contributed by atoms with van der Waals surface area (Å²) >= 11 is 0. The number of aryl methyl sites for hydroxylation is 2. The molecule has 0 amide bonds. The molecule has 6 heteroatoms. The number of furan rings is 2. The zero-order chi connectivity index (χ0) is 15.6. The van der Waals surface area contributed by atoms with Crippen molar-refractivity contribution in [2.45, 2.75) is 19.3 Å². The fraction of sp³-hybridized carbons (Fsp3) is 0.235. The highest BCUT2D eigenvalue weighted by atomic mass is 16.3. The largest absolute Gasteiger partial charge is 0.463 e. The van der Waals surface area contributed by atoms with Crippen molar-refractivity contribution in [3.63, 3.8) is 0 Å². The van der Waals surface area contributed by atoms with Crippen LogP contribution >= 0.6 is 0 Å². The van der Waals surface area contributed by atoms with Gasteiger partial charge in [0.25, 0.3) is 5.56 Å². The third-order valence-electron chi connectivity index (χ3n) is 4.51. The molecule has 0 atom stereocenters. The van der Waals surface area contributed by atoms with Gasteiger partial charge in [0.1, 0.15) is 11.2 Å². The minimum atomic E-state index is -0.195. The molecule has 114 valence electrons. The molecule has 0 saturated heterocycles. The number of hydrogen-bond acceptors (Lipinski definition) is 5. The van der Waals surface area contributed by atoms with Crippen molar-refractivity contribution in [2.24, 2.45) is 7.05 Å². The van der Waals surface area contributed by atoms with Gasteiger partial charge in [-0.25, -0.2) is 9.97 Å². The van der Waals surface area contributed by atoms with Crippen molar-refractivity contribution in [3.8, 4) is 11.5 Å². The second-order valence-corrected chi connectivity index (χ2v) is 5.87. The fourth-order valence-corrected chi connectivity index (χ4v) is 3.45. The molecule has 0 radical (unpaired) electrons. The van der Waals surface area contributed by atoms with Gasteiger partial charge in [-0.2, -0.15) is 0 Å². The van der Waals surface area contributed by atoms with Gasteiger partial charge in [0.15, 0.2) is 5.76 Å². The lowest BCUT2D eigenvalue weighted by atomic mass is 10.0. The van der Waals surface area contributed by atoms with Crippen LogP contribution in [0, 0.1) is 0 Å². The summed E-state index contributed by atoms with van der Waals surface area (Å²) in [6, 6.07) is 3.74. The number of fused-ring (bicyclic) bond motifs is 5. The Bertz CT molecular complexity index is 1120. The van der Waals surface area contributed by atoms with E-state index in [0.29, 0.717) is 11.2 Å². The molecule has 23 heavy (non-hydrogen) atoms. The SMILES string of the molecule is Cn1cnc2c(oc3nc(-c4ccco4)c4c(c32)CCC4)c1=O. The summed E-state index contributed by atoms with van der Waals surface area (Å²) in [7, 11) is 1.66. The highest BCUT2D eigenvalue weighted by Gasteiger charge is 2.26. The van der Waals surface area contributed by atoms with E-state index in [9.17, 15) is 4.79 Å². The van der Waals surface area contributed by atoms with Crippen LogP contribution in [0.5, 0.6) is 0 Å². The first-order valence-electron chi connectivity index (χ1n) is 7.57. The monoisotopic (exact) mass is 307 g/mol. The number of rotatable bonds is 1. The van der Waals surface area contributed by atoms with E-state index in [1.54, 1.807) is 13.3 Å². The molecule has 0 unspecified atom stereocenters. The van der Waals surface area contributed by atoms with E-state index in [1.807, 2.05) is 12.1 Å². The summed E-state index contributed by atoms with van der Waals surface area (Å²) in [5.74, 6) is 0.728. The number of pyridine rings is 1. The van der Waals surface area contributed by atoms with Gasteiger partial charge >= 0.3 is 0 Å². The van der Waals surface area contributed by atoms with Crippen LogP contribution in [0.3, 0.4) is 0 Å². The molecule has 4 aromatic rings. The van der Waals surface area contributed by atoms with Crippen LogP contribution in [0.25, 0.3) is 33.7 Å². The van der Waals surface area contributed by atoms with Crippen molar-refractivity contribution in [1.82, 2.24) is 14.5 Å². The summed E-state index contributed by atoms with van der Waals surface area (Å²) in [4.78, 5) is 21.3. The standard InChI is InChI=1S/C17H13N3O3/c1-20-8-18-14-12-9-4-2-5-10(9)13(11-6-3-7-22-11)19-16(12)23-15(14)17(20)21/h3,6-8H,2,4-5H2,1H3. The third-order valence-corrected chi connectivity index (χ3v) is 4.51. The summed E-state index contributed by atoms with van der Waals surface area (Å²) in [5.41, 5.74) is 4.31. The maximum atomic E-state index is 12.3. The quantitative estimate of drug-likeness (QED) is 0.540. The first kappa shape index (κ1) is 12.6. The van der Waals surface area contributed by atoms with Gasteiger partial charge in [-0.1, -0.05) is 0 Å². The lowest BCUT2D eigenvalue weighted by molar-refractivity contribution is 0.578. The van der Waals surface area contributed by atoms with Crippen LogP contribution in [0.4, 0.5) is 0 Å². The van der Waals surface area contributed by atoms with Crippen LogP contribution in [-0.4, -0.2) is 14.5 Å². The van der Waals surface area contributed by atoms with Crippen molar-refractivity contribution in [2.75, 3.05) is 0 Å². The average molecular weight is 307 g/mol. The van der Waals surface area contributed by atoms with Gasteiger partial charge in [0.2, 0.25) is 11.3 Å². The molecule has 4 heterocycles. The van der Waals surface area contributed by atoms with Crippen LogP contribution in [0.1, 0.15) is 17.5 Å². The van der Waals surface area contributed by atoms with E-state index in [4.69, 9.17) is 8.83 Å². The smallest absolute Gasteiger partial charge is 0.296 e. The Morgan fingerprint density at radius 3 is 2.96 bits per heavy atom. The van der Waals surface area contributed by atoms with Gasteiger partial charge in [-0.05, 0) is 42.5 Å². The predicted molar refractivity (Wildman–Crippen MR) is 84.3 cm³/mol. The number of nitrogens with zero attached hydrogens (tertiary/aromatic N) is 3. The Morgan fingerprint density at radius 1 is 1.26 bits per heavy atom. The van der Waals surface area contributed by atoms with E-state index < -0.39 is 0 Å². The molecule has 0 N–H and O–H groups in total. The third kappa shape index (κ3) is 1.60. The Morgan fingerprint density at radius 2 is 2.13 bits per heavy atom. The normalized spacial score (nSPS) is 14.0. The highest BCUT2D eigenvalue weighted by Crippen LogP contribution is 2.38. The zero-order valence-electron chi connectivity index (χ0n) is 12.5. The lowest BCUT2D eigenvalue weighted by Gasteiger charge is -2.06. The molecule has 1 aliphatic rings. The van der Waals surface area contributed by atoms with Crippen LogP contribution in [-0.2, 0) is 19.9 Å². The second-order valence-electron chi connectivity index (χ2n) is 5.87. The second kappa shape index (κ2) is 4.32. The van der Waals surface area contributed by atoms with E-state index in [0.717, 1.165) is 36.1 Å². The topological polar surface area (TPSA) is 74.1 Å².